The lowest BCUT2D eigenvalue weighted by Crippen LogP contribution is -2.10. The summed E-state index contributed by atoms with van der Waals surface area (Å²) in [6.07, 6.45) is 0.873. The Labute approximate surface area is 164 Å². The molecular formula is C21H23ClN4O. The van der Waals surface area contributed by atoms with E-state index in [1.165, 1.54) is 5.56 Å². The number of nitrogens with one attached hydrogen (secondary N) is 2. The van der Waals surface area contributed by atoms with Crippen LogP contribution in [0.1, 0.15) is 16.8 Å². The second kappa shape index (κ2) is 9.24. The van der Waals surface area contributed by atoms with Crippen molar-refractivity contribution in [2.45, 2.75) is 19.9 Å². The van der Waals surface area contributed by atoms with Gasteiger partial charge in [0, 0.05) is 35.4 Å². The highest BCUT2D eigenvalue weighted by Gasteiger charge is 2.05. The van der Waals surface area contributed by atoms with Gasteiger partial charge in [-0.15, -0.1) is 0 Å². The molecular weight excluding hydrogens is 360 g/mol. The fourth-order valence-electron chi connectivity index (χ4n) is 2.74. The van der Waals surface area contributed by atoms with Crippen LogP contribution in [-0.2, 0) is 13.0 Å². The van der Waals surface area contributed by atoms with Crippen LogP contribution < -0.4 is 15.4 Å². The zero-order chi connectivity index (χ0) is 19.1. The van der Waals surface area contributed by atoms with E-state index in [0.717, 1.165) is 40.8 Å². The number of hydrogen-bond acceptors (Lipinski definition) is 5. The summed E-state index contributed by atoms with van der Waals surface area (Å²) in [5.74, 6) is 2.26. The summed E-state index contributed by atoms with van der Waals surface area (Å²) in [5, 5.41) is 7.38. The molecule has 0 unspecified atom stereocenters. The lowest BCUT2D eigenvalue weighted by Gasteiger charge is -2.12. The first-order valence-electron chi connectivity index (χ1n) is 8.84. The molecule has 27 heavy (non-hydrogen) atoms. The summed E-state index contributed by atoms with van der Waals surface area (Å²) in [5.41, 5.74) is 3.20. The Hall–Kier alpha value is -2.79. The number of rotatable bonds is 8. The minimum absolute atomic E-state index is 0.617. The molecule has 0 radical (unpaired) electrons. The minimum Gasteiger partial charge on any atom is -0.496 e. The smallest absolute Gasteiger partial charge is 0.224 e. The Morgan fingerprint density at radius 3 is 2.56 bits per heavy atom. The molecule has 3 aromatic rings. The van der Waals surface area contributed by atoms with E-state index in [9.17, 15) is 0 Å². The highest BCUT2D eigenvalue weighted by Crippen LogP contribution is 2.19. The molecule has 0 saturated carbocycles. The van der Waals surface area contributed by atoms with E-state index < -0.39 is 0 Å². The molecule has 0 aliphatic rings. The van der Waals surface area contributed by atoms with Crippen molar-refractivity contribution in [3.63, 3.8) is 0 Å². The first-order valence-corrected chi connectivity index (χ1v) is 9.21. The SMILES string of the molecule is COc1ccccc1CNc1cc(C)nc(NCCc2ccc(Cl)cc2)n1. The van der Waals surface area contributed by atoms with Crippen LogP contribution in [-0.4, -0.2) is 23.6 Å². The lowest BCUT2D eigenvalue weighted by molar-refractivity contribution is 0.410. The van der Waals surface area contributed by atoms with Crippen LogP contribution in [0.25, 0.3) is 0 Å². The maximum atomic E-state index is 5.92. The summed E-state index contributed by atoms with van der Waals surface area (Å²) in [6, 6.07) is 17.7. The molecule has 140 valence electrons. The summed E-state index contributed by atoms with van der Waals surface area (Å²) in [7, 11) is 1.68. The third-order valence-electron chi connectivity index (χ3n) is 4.12. The van der Waals surface area contributed by atoms with Gasteiger partial charge in [-0.2, -0.15) is 4.98 Å². The van der Waals surface area contributed by atoms with Crippen LogP contribution >= 0.6 is 11.6 Å². The second-order valence-corrected chi connectivity index (χ2v) is 6.62. The summed E-state index contributed by atoms with van der Waals surface area (Å²) < 4.78 is 5.39. The zero-order valence-corrected chi connectivity index (χ0v) is 16.3. The Morgan fingerprint density at radius 1 is 1.00 bits per heavy atom. The third-order valence-corrected chi connectivity index (χ3v) is 4.37. The maximum Gasteiger partial charge on any atom is 0.224 e. The third kappa shape index (κ3) is 5.59. The Bertz CT molecular complexity index is 884. The van der Waals surface area contributed by atoms with Gasteiger partial charge in [-0.1, -0.05) is 41.9 Å². The molecule has 0 amide bonds. The summed E-state index contributed by atoms with van der Waals surface area (Å²) in [6.45, 7) is 3.34. The fraction of sp³-hybridized carbons (Fsp3) is 0.238. The molecule has 3 rings (SSSR count). The first kappa shape index (κ1) is 19.0. The van der Waals surface area contributed by atoms with E-state index in [4.69, 9.17) is 16.3 Å². The Morgan fingerprint density at radius 2 is 1.78 bits per heavy atom. The average molecular weight is 383 g/mol. The van der Waals surface area contributed by atoms with E-state index >= 15 is 0 Å². The zero-order valence-electron chi connectivity index (χ0n) is 15.5. The van der Waals surface area contributed by atoms with Gasteiger partial charge in [0.25, 0.3) is 0 Å². The summed E-state index contributed by atoms with van der Waals surface area (Å²) in [4.78, 5) is 9.01. The van der Waals surface area contributed by atoms with Crippen LogP contribution in [0.15, 0.2) is 54.6 Å². The van der Waals surface area contributed by atoms with Crippen LogP contribution in [0, 0.1) is 6.92 Å². The number of ether oxygens (including phenoxy) is 1. The van der Waals surface area contributed by atoms with Crippen LogP contribution in [0.5, 0.6) is 5.75 Å². The van der Waals surface area contributed by atoms with Crippen molar-refractivity contribution in [2.75, 3.05) is 24.3 Å². The predicted octanol–water partition coefficient (Wildman–Crippen LogP) is 4.71. The quantitative estimate of drug-likeness (QED) is 0.590. The topological polar surface area (TPSA) is 59.1 Å². The molecule has 0 fully saturated rings. The van der Waals surface area contributed by atoms with Gasteiger partial charge in [-0.25, -0.2) is 4.98 Å². The van der Waals surface area contributed by atoms with Gasteiger partial charge < -0.3 is 15.4 Å². The van der Waals surface area contributed by atoms with Gasteiger partial charge >= 0.3 is 0 Å². The van der Waals surface area contributed by atoms with Crippen LogP contribution in [0.3, 0.4) is 0 Å². The maximum absolute atomic E-state index is 5.92. The molecule has 0 spiro atoms. The lowest BCUT2D eigenvalue weighted by atomic mass is 10.1. The number of anilines is 2. The minimum atomic E-state index is 0.617. The van der Waals surface area contributed by atoms with Crippen LogP contribution in [0.2, 0.25) is 5.02 Å². The van der Waals surface area contributed by atoms with Gasteiger partial charge in [0.2, 0.25) is 5.95 Å². The van der Waals surface area contributed by atoms with E-state index in [0.29, 0.717) is 12.5 Å². The van der Waals surface area contributed by atoms with Crippen LogP contribution in [0.4, 0.5) is 11.8 Å². The monoisotopic (exact) mass is 382 g/mol. The number of hydrogen-bond donors (Lipinski definition) is 2. The molecule has 0 bridgehead atoms. The molecule has 2 aromatic carbocycles. The molecule has 6 heteroatoms. The number of halogens is 1. The van der Waals surface area contributed by atoms with Crippen molar-refractivity contribution in [2.24, 2.45) is 0 Å². The van der Waals surface area contributed by atoms with Gasteiger partial charge in [-0.3, -0.25) is 0 Å². The number of nitrogens with zero attached hydrogens (tertiary/aromatic N) is 2. The first-order chi connectivity index (χ1) is 13.1. The average Bonchev–Trinajstić information content (AvgIpc) is 2.68. The van der Waals surface area contributed by atoms with Gasteiger partial charge in [0.1, 0.15) is 11.6 Å². The fourth-order valence-corrected chi connectivity index (χ4v) is 2.87. The largest absolute Gasteiger partial charge is 0.496 e. The van der Waals surface area contributed by atoms with Crippen molar-refractivity contribution >= 4 is 23.4 Å². The highest BCUT2D eigenvalue weighted by atomic mass is 35.5. The molecule has 5 nitrogen and oxygen atoms in total. The standard InChI is InChI=1S/C21H23ClN4O/c1-15-13-20(24-14-17-5-3-4-6-19(17)27-2)26-21(25-15)23-12-11-16-7-9-18(22)10-8-16/h3-10,13H,11-12,14H2,1-2H3,(H2,23,24,25,26). The van der Waals surface area contributed by atoms with Gasteiger partial charge in [-0.05, 0) is 37.1 Å². The molecule has 1 aromatic heterocycles. The molecule has 0 saturated heterocycles. The molecule has 1 heterocycles. The molecule has 2 N–H and O–H groups in total. The Balaban J connectivity index is 1.59. The van der Waals surface area contributed by atoms with E-state index in [1.54, 1.807) is 7.11 Å². The molecule has 0 atom stereocenters. The normalized spacial score (nSPS) is 10.5. The number of aryl methyl sites for hydroxylation is 1. The second-order valence-electron chi connectivity index (χ2n) is 6.19. The van der Waals surface area contributed by atoms with Crippen molar-refractivity contribution in [1.29, 1.82) is 0 Å². The number of benzene rings is 2. The number of para-hydroxylation sites is 1. The van der Waals surface area contributed by atoms with Crippen molar-refractivity contribution in [1.82, 2.24) is 9.97 Å². The van der Waals surface area contributed by atoms with E-state index in [-0.39, 0.29) is 0 Å². The van der Waals surface area contributed by atoms with Gasteiger partial charge in [0.15, 0.2) is 0 Å². The van der Waals surface area contributed by atoms with Crippen molar-refractivity contribution < 1.29 is 4.74 Å². The number of methoxy groups -OCH3 is 1. The predicted molar refractivity (Wildman–Crippen MR) is 111 cm³/mol. The van der Waals surface area contributed by atoms with Gasteiger partial charge in [0.05, 0.1) is 7.11 Å². The van der Waals surface area contributed by atoms with Crippen molar-refractivity contribution in [3.8, 4) is 5.75 Å². The Kier molecular flexibility index (Phi) is 6.49. The summed E-state index contributed by atoms with van der Waals surface area (Å²) >= 11 is 5.92. The molecule has 0 aliphatic carbocycles. The van der Waals surface area contributed by atoms with Crippen molar-refractivity contribution in [3.05, 3.63) is 76.4 Å². The van der Waals surface area contributed by atoms with E-state index in [2.05, 4.69) is 20.6 Å². The number of aromatic nitrogens is 2. The molecule has 0 aliphatic heterocycles. The van der Waals surface area contributed by atoms with E-state index in [1.807, 2.05) is 61.5 Å². The highest BCUT2D eigenvalue weighted by molar-refractivity contribution is 6.30.